The topological polar surface area (TPSA) is 50.2 Å². The van der Waals surface area contributed by atoms with E-state index in [4.69, 9.17) is 11.6 Å². The maximum atomic E-state index is 12.6. The van der Waals surface area contributed by atoms with E-state index < -0.39 is 0 Å². The predicted octanol–water partition coefficient (Wildman–Crippen LogP) is 2.51. The van der Waals surface area contributed by atoms with E-state index in [2.05, 4.69) is 28.7 Å². The van der Waals surface area contributed by atoms with Gasteiger partial charge < -0.3 is 14.8 Å². The molecule has 0 bridgehead atoms. The Morgan fingerprint density at radius 2 is 2.05 bits per heavy atom. The number of nitrogens with zero attached hydrogens (tertiary/aromatic N) is 3. The normalized spacial score (nSPS) is 19.8. The summed E-state index contributed by atoms with van der Waals surface area (Å²) in [7, 11) is 0. The zero-order chi connectivity index (χ0) is 15.7. The lowest BCUT2D eigenvalue weighted by molar-refractivity contribution is 0.0686. The monoisotopic (exact) mass is 324 g/mol. The van der Waals surface area contributed by atoms with Crippen LogP contribution in [0.1, 0.15) is 55.3 Å². The molecule has 0 aliphatic carbocycles. The van der Waals surface area contributed by atoms with Crippen LogP contribution in [-0.4, -0.2) is 46.5 Å². The minimum atomic E-state index is 0.0361. The summed E-state index contributed by atoms with van der Waals surface area (Å²) in [5.41, 5.74) is 1.08. The van der Waals surface area contributed by atoms with Crippen LogP contribution in [0.4, 0.5) is 0 Å². The Bertz CT molecular complexity index is 549. The van der Waals surface area contributed by atoms with Crippen molar-refractivity contribution in [3.63, 3.8) is 0 Å². The third kappa shape index (κ3) is 3.01. The number of fused-ring (bicyclic) bond motifs is 1. The first kappa shape index (κ1) is 15.8. The van der Waals surface area contributed by atoms with Crippen molar-refractivity contribution in [2.75, 3.05) is 26.2 Å². The second-order valence-corrected chi connectivity index (χ2v) is 7.12. The van der Waals surface area contributed by atoms with E-state index in [0.29, 0.717) is 22.8 Å². The summed E-state index contributed by atoms with van der Waals surface area (Å²) in [6.07, 6.45) is 3.16. The molecular weight excluding hydrogens is 300 g/mol. The fourth-order valence-corrected chi connectivity index (χ4v) is 3.74. The van der Waals surface area contributed by atoms with Crippen molar-refractivity contribution in [3.8, 4) is 0 Å². The van der Waals surface area contributed by atoms with Crippen LogP contribution in [-0.2, 0) is 6.54 Å². The summed E-state index contributed by atoms with van der Waals surface area (Å²) >= 11 is 6.39. The molecule has 0 radical (unpaired) electrons. The van der Waals surface area contributed by atoms with Crippen molar-refractivity contribution in [2.45, 2.75) is 45.6 Å². The molecule has 0 unspecified atom stereocenters. The lowest BCUT2D eigenvalue weighted by Gasteiger charge is -2.30. The number of aromatic nitrogens is 2. The molecule has 0 aromatic carbocycles. The van der Waals surface area contributed by atoms with Gasteiger partial charge in [0.15, 0.2) is 5.15 Å². The molecule has 2 aliphatic heterocycles. The van der Waals surface area contributed by atoms with Crippen molar-refractivity contribution in [3.05, 3.63) is 16.7 Å². The van der Waals surface area contributed by atoms with E-state index in [1.165, 1.54) is 0 Å². The maximum Gasteiger partial charge on any atom is 0.289 e. The van der Waals surface area contributed by atoms with Crippen LogP contribution in [0.15, 0.2) is 0 Å². The second kappa shape index (κ2) is 6.59. The summed E-state index contributed by atoms with van der Waals surface area (Å²) in [6.45, 7) is 8.78. The first-order valence-corrected chi connectivity index (χ1v) is 8.71. The molecule has 0 saturated carbocycles. The lowest BCUT2D eigenvalue weighted by Crippen LogP contribution is -2.42. The molecule has 5 nitrogen and oxygen atoms in total. The molecule has 1 fully saturated rings. The Morgan fingerprint density at radius 1 is 1.32 bits per heavy atom. The molecule has 2 aliphatic rings. The van der Waals surface area contributed by atoms with Gasteiger partial charge in [-0.15, -0.1) is 0 Å². The van der Waals surface area contributed by atoms with Gasteiger partial charge in [0.05, 0.1) is 5.69 Å². The summed E-state index contributed by atoms with van der Waals surface area (Å²) in [5.74, 6) is 1.59. The molecule has 1 aromatic heterocycles. The van der Waals surface area contributed by atoms with Crippen molar-refractivity contribution in [1.82, 2.24) is 19.8 Å². The smallest absolute Gasteiger partial charge is 0.289 e. The molecule has 0 atom stereocenters. The summed E-state index contributed by atoms with van der Waals surface area (Å²) in [6, 6.07) is 0. The van der Waals surface area contributed by atoms with E-state index in [9.17, 15) is 4.79 Å². The standard InChI is InChI=1S/C16H25ClN4O/c1-11(2)5-8-20-9-10-21-13(12-3-6-18-7-4-12)14(17)19-15(21)16(20)22/h11-12,18H,3-10H2,1-2H3. The number of amides is 1. The Hall–Kier alpha value is -1.07. The van der Waals surface area contributed by atoms with Crippen LogP contribution in [0.25, 0.3) is 0 Å². The number of hydrogen-bond donors (Lipinski definition) is 1. The van der Waals surface area contributed by atoms with Gasteiger partial charge in [0.1, 0.15) is 0 Å². The van der Waals surface area contributed by atoms with Gasteiger partial charge in [0, 0.05) is 25.6 Å². The quantitative estimate of drug-likeness (QED) is 0.925. The van der Waals surface area contributed by atoms with Gasteiger partial charge in [0.25, 0.3) is 5.91 Å². The molecule has 1 aromatic rings. The highest BCUT2D eigenvalue weighted by atomic mass is 35.5. The first-order chi connectivity index (χ1) is 10.6. The molecule has 3 heterocycles. The van der Waals surface area contributed by atoms with Gasteiger partial charge in [-0.05, 0) is 38.3 Å². The maximum absolute atomic E-state index is 12.6. The Balaban J connectivity index is 1.81. The van der Waals surface area contributed by atoms with E-state index in [1.807, 2.05) is 4.90 Å². The van der Waals surface area contributed by atoms with Gasteiger partial charge in [-0.2, -0.15) is 0 Å². The van der Waals surface area contributed by atoms with Crippen molar-refractivity contribution in [2.24, 2.45) is 5.92 Å². The number of rotatable bonds is 4. The summed E-state index contributed by atoms with van der Waals surface area (Å²) in [5, 5.41) is 3.90. The Morgan fingerprint density at radius 3 is 2.73 bits per heavy atom. The van der Waals surface area contributed by atoms with Crippen molar-refractivity contribution >= 4 is 17.5 Å². The van der Waals surface area contributed by atoms with Gasteiger partial charge in [-0.1, -0.05) is 25.4 Å². The van der Waals surface area contributed by atoms with Gasteiger partial charge in [0.2, 0.25) is 5.82 Å². The van der Waals surface area contributed by atoms with Gasteiger partial charge >= 0.3 is 0 Å². The zero-order valence-electron chi connectivity index (χ0n) is 13.4. The number of halogens is 1. The highest BCUT2D eigenvalue weighted by molar-refractivity contribution is 6.30. The molecule has 6 heteroatoms. The van der Waals surface area contributed by atoms with Crippen molar-refractivity contribution < 1.29 is 4.79 Å². The Kier molecular flexibility index (Phi) is 4.73. The molecule has 0 spiro atoms. The number of carbonyl (C=O) groups is 1. The molecule has 1 saturated heterocycles. The molecular formula is C16H25ClN4O. The van der Waals surface area contributed by atoms with Crippen LogP contribution in [0.3, 0.4) is 0 Å². The minimum Gasteiger partial charge on any atom is -0.334 e. The number of hydrogen-bond acceptors (Lipinski definition) is 3. The number of nitrogens with one attached hydrogen (secondary N) is 1. The number of carbonyl (C=O) groups excluding carboxylic acids is 1. The molecule has 1 N–H and O–H groups in total. The highest BCUT2D eigenvalue weighted by Gasteiger charge is 2.32. The molecule has 1 amide bonds. The van der Waals surface area contributed by atoms with E-state index in [0.717, 1.165) is 57.7 Å². The summed E-state index contributed by atoms with van der Waals surface area (Å²) in [4.78, 5) is 19.0. The van der Waals surface area contributed by atoms with Gasteiger partial charge in [-0.3, -0.25) is 4.79 Å². The Labute approximate surface area is 137 Å². The third-order valence-electron chi connectivity index (χ3n) is 4.74. The van der Waals surface area contributed by atoms with Crippen LogP contribution in [0, 0.1) is 5.92 Å². The van der Waals surface area contributed by atoms with Crippen LogP contribution in [0.5, 0.6) is 0 Å². The highest BCUT2D eigenvalue weighted by Crippen LogP contribution is 2.33. The molecule has 122 valence electrons. The minimum absolute atomic E-state index is 0.0361. The molecule has 3 rings (SSSR count). The second-order valence-electron chi connectivity index (χ2n) is 6.76. The van der Waals surface area contributed by atoms with E-state index >= 15 is 0 Å². The SMILES string of the molecule is CC(C)CCN1CCn2c(nc(Cl)c2C2CCNCC2)C1=O. The van der Waals surface area contributed by atoms with Gasteiger partial charge in [-0.25, -0.2) is 4.98 Å². The summed E-state index contributed by atoms with van der Waals surface area (Å²) < 4.78 is 2.08. The van der Waals surface area contributed by atoms with Crippen LogP contribution < -0.4 is 5.32 Å². The zero-order valence-corrected chi connectivity index (χ0v) is 14.2. The largest absolute Gasteiger partial charge is 0.334 e. The average Bonchev–Trinajstić information content (AvgIpc) is 2.84. The predicted molar refractivity (Wildman–Crippen MR) is 87.4 cm³/mol. The first-order valence-electron chi connectivity index (χ1n) is 8.34. The number of piperidine rings is 1. The fraction of sp³-hybridized carbons (Fsp3) is 0.750. The third-order valence-corrected chi connectivity index (χ3v) is 5.01. The van der Waals surface area contributed by atoms with Crippen LogP contribution in [0.2, 0.25) is 5.15 Å². The molecule has 22 heavy (non-hydrogen) atoms. The lowest BCUT2D eigenvalue weighted by atomic mass is 9.95. The van der Waals surface area contributed by atoms with E-state index in [-0.39, 0.29) is 5.91 Å². The number of imidazole rings is 1. The average molecular weight is 325 g/mol. The van der Waals surface area contributed by atoms with E-state index in [1.54, 1.807) is 0 Å². The van der Waals surface area contributed by atoms with Crippen molar-refractivity contribution in [1.29, 1.82) is 0 Å². The van der Waals surface area contributed by atoms with Crippen LogP contribution >= 0.6 is 11.6 Å². The fourth-order valence-electron chi connectivity index (χ4n) is 3.40.